The summed E-state index contributed by atoms with van der Waals surface area (Å²) in [4.78, 5) is 2.64. The third-order valence-corrected chi connectivity index (χ3v) is 6.55. The molecule has 0 N–H and O–H groups in total. The molecule has 3 aliphatic heterocycles. The van der Waals surface area contributed by atoms with Gasteiger partial charge >= 0.3 is 0 Å². The highest BCUT2D eigenvalue weighted by Crippen LogP contribution is 2.50. The number of rotatable bonds is 3. The molecule has 27 heavy (non-hydrogen) atoms. The van der Waals surface area contributed by atoms with E-state index in [9.17, 15) is 0 Å². The molecule has 0 spiro atoms. The molecule has 5 atom stereocenters. The summed E-state index contributed by atoms with van der Waals surface area (Å²) in [6.45, 7) is 3.16. The van der Waals surface area contributed by atoms with Gasteiger partial charge in [0, 0.05) is 31.0 Å². The Hall–Kier alpha value is -2.30. The van der Waals surface area contributed by atoms with Crippen LogP contribution in [0.4, 0.5) is 0 Å². The summed E-state index contributed by atoms with van der Waals surface area (Å²) < 4.78 is 17.4. The number of benzene rings is 2. The fourth-order valence-electron chi connectivity index (χ4n) is 5.25. The van der Waals surface area contributed by atoms with Crippen molar-refractivity contribution in [2.24, 2.45) is 5.92 Å². The van der Waals surface area contributed by atoms with Crippen LogP contribution >= 0.6 is 0 Å². The van der Waals surface area contributed by atoms with Crippen molar-refractivity contribution >= 4 is 0 Å². The van der Waals surface area contributed by atoms with Gasteiger partial charge in [0.05, 0.1) is 12.7 Å². The van der Waals surface area contributed by atoms with Crippen LogP contribution in [0, 0.1) is 5.92 Å². The van der Waals surface area contributed by atoms with Gasteiger partial charge in [-0.1, -0.05) is 42.5 Å². The van der Waals surface area contributed by atoms with E-state index in [-0.39, 0.29) is 6.10 Å². The van der Waals surface area contributed by atoms with E-state index in [2.05, 4.69) is 53.5 Å². The van der Waals surface area contributed by atoms with Crippen molar-refractivity contribution in [3.05, 3.63) is 71.3 Å². The zero-order valence-corrected chi connectivity index (χ0v) is 15.2. The van der Waals surface area contributed by atoms with Crippen molar-refractivity contribution in [2.75, 3.05) is 13.3 Å². The van der Waals surface area contributed by atoms with Crippen molar-refractivity contribution in [2.45, 2.75) is 37.6 Å². The number of nitrogens with zero attached hydrogens (tertiary/aromatic N) is 1. The highest BCUT2D eigenvalue weighted by molar-refractivity contribution is 5.52. The number of ether oxygens (including phenoxy) is 3. The monoisotopic (exact) mass is 361 g/mol. The lowest BCUT2D eigenvalue weighted by Gasteiger charge is -2.32. The standard InChI is InChI=1S/C23H23NO3/c1-2-4-15(5-3-1)13-25-17-6-7-18-20-12-24(21(18)9-17)11-16-8-22-23(10-19(16)20)27-14-26-22/h1-8,10,17-18,20-21H,9,11-14H2/t17-,18+,20-,21+/m1/s1. The second-order valence-electron chi connectivity index (χ2n) is 8.04. The predicted molar refractivity (Wildman–Crippen MR) is 102 cm³/mol. The highest BCUT2D eigenvalue weighted by atomic mass is 16.7. The van der Waals surface area contributed by atoms with E-state index in [1.165, 1.54) is 16.7 Å². The van der Waals surface area contributed by atoms with Gasteiger partial charge in [-0.25, -0.2) is 0 Å². The molecular formula is C23H23NO3. The quantitative estimate of drug-likeness (QED) is 0.777. The van der Waals surface area contributed by atoms with E-state index in [1.54, 1.807) is 0 Å². The van der Waals surface area contributed by atoms with Crippen molar-refractivity contribution in [3.8, 4) is 11.5 Å². The molecule has 2 aromatic rings. The first-order chi connectivity index (χ1) is 13.3. The van der Waals surface area contributed by atoms with Gasteiger partial charge in [-0.15, -0.1) is 0 Å². The van der Waals surface area contributed by atoms with E-state index in [0.29, 0.717) is 31.3 Å². The first-order valence-electron chi connectivity index (χ1n) is 9.85. The van der Waals surface area contributed by atoms with Gasteiger partial charge < -0.3 is 14.2 Å². The summed E-state index contributed by atoms with van der Waals surface area (Å²) in [6, 6.07) is 15.4. The molecule has 1 fully saturated rings. The van der Waals surface area contributed by atoms with Crippen LogP contribution in [0.2, 0.25) is 0 Å². The molecule has 4 nitrogen and oxygen atoms in total. The summed E-state index contributed by atoms with van der Waals surface area (Å²) in [5.74, 6) is 2.94. The molecule has 4 aliphatic rings. The van der Waals surface area contributed by atoms with E-state index in [0.717, 1.165) is 31.0 Å². The molecule has 4 heteroatoms. The molecule has 0 amide bonds. The topological polar surface area (TPSA) is 30.9 Å². The summed E-state index contributed by atoms with van der Waals surface area (Å²) in [6.07, 6.45) is 5.98. The minimum absolute atomic E-state index is 0.200. The average Bonchev–Trinajstić information content (AvgIpc) is 3.28. The van der Waals surface area contributed by atoms with E-state index in [1.807, 2.05) is 6.07 Å². The fraction of sp³-hybridized carbons (Fsp3) is 0.391. The molecule has 0 aromatic heterocycles. The lowest BCUT2D eigenvalue weighted by atomic mass is 9.79. The zero-order chi connectivity index (χ0) is 17.8. The smallest absolute Gasteiger partial charge is 0.231 e. The van der Waals surface area contributed by atoms with Crippen LogP contribution in [-0.2, 0) is 17.9 Å². The Morgan fingerprint density at radius 1 is 1.04 bits per heavy atom. The molecule has 0 radical (unpaired) electrons. The molecule has 1 saturated heterocycles. The first kappa shape index (κ1) is 15.7. The van der Waals surface area contributed by atoms with Crippen molar-refractivity contribution < 1.29 is 14.2 Å². The maximum absolute atomic E-state index is 6.21. The van der Waals surface area contributed by atoms with Crippen LogP contribution in [0.3, 0.4) is 0 Å². The molecule has 138 valence electrons. The normalized spacial score (nSPS) is 32.2. The van der Waals surface area contributed by atoms with Crippen LogP contribution in [0.25, 0.3) is 0 Å². The first-order valence-corrected chi connectivity index (χ1v) is 9.85. The molecule has 6 rings (SSSR count). The number of fused-ring (bicyclic) bond motifs is 8. The summed E-state index contributed by atoms with van der Waals surface area (Å²) in [5, 5.41) is 0. The largest absolute Gasteiger partial charge is 0.454 e. The Morgan fingerprint density at radius 3 is 2.78 bits per heavy atom. The van der Waals surface area contributed by atoms with Crippen molar-refractivity contribution in [1.29, 1.82) is 0 Å². The van der Waals surface area contributed by atoms with Crippen LogP contribution in [0.15, 0.2) is 54.6 Å². The van der Waals surface area contributed by atoms with Crippen LogP contribution < -0.4 is 9.47 Å². The number of hydrogen-bond acceptors (Lipinski definition) is 4. The molecule has 1 unspecified atom stereocenters. The zero-order valence-electron chi connectivity index (χ0n) is 15.2. The van der Waals surface area contributed by atoms with Crippen LogP contribution in [-0.4, -0.2) is 30.4 Å². The minimum Gasteiger partial charge on any atom is -0.454 e. The number of hydrogen-bond donors (Lipinski definition) is 0. The van der Waals surface area contributed by atoms with E-state index < -0.39 is 0 Å². The summed E-state index contributed by atoms with van der Waals surface area (Å²) in [5.41, 5.74) is 4.09. The van der Waals surface area contributed by atoms with Gasteiger partial charge in [0.1, 0.15) is 0 Å². The molecule has 2 bridgehead atoms. The van der Waals surface area contributed by atoms with Gasteiger partial charge in [0.15, 0.2) is 11.5 Å². The van der Waals surface area contributed by atoms with E-state index >= 15 is 0 Å². The van der Waals surface area contributed by atoms with E-state index in [4.69, 9.17) is 14.2 Å². The van der Waals surface area contributed by atoms with Crippen LogP contribution in [0.1, 0.15) is 29.0 Å². The second-order valence-corrected chi connectivity index (χ2v) is 8.04. The van der Waals surface area contributed by atoms with Crippen molar-refractivity contribution in [3.63, 3.8) is 0 Å². The minimum atomic E-state index is 0.200. The SMILES string of the molecule is C1=C[C@@H](OCc2ccccc2)C[C@H]2[C@@H]1[C@H]1CN2Cc2cc3c(cc21)OCO3. The second kappa shape index (κ2) is 6.11. The molecule has 0 saturated carbocycles. The Balaban J connectivity index is 1.22. The Kier molecular flexibility index (Phi) is 3.56. The third kappa shape index (κ3) is 2.59. The lowest BCUT2D eigenvalue weighted by Crippen LogP contribution is -2.37. The lowest BCUT2D eigenvalue weighted by molar-refractivity contribution is 0.0388. The predicted octanol–water partition coefficient (Wildman–Crippen LogP) is 3.86. The van der Waals surface area contributed by atoms with Gasteiger partial charge in [-0.2, -0.15) is 0 Å². The summed E-state index contributed by atoms with van der Waals surface area (Å²) in [7, 11) is 0. The highest BCUT2D eigenvalue weighted by Gasteiger charge is 2.47. The molecular weight excluding hydrogens is 338 g/mol. The van der Waals surface area contributed by atoms with Gasteiger partial charge in [0.25, 0.3) is 0 Å². The Morgan fingerprint density at radius 2 is 1.89 bits per heavy atom. The van der Waals surface area contributed by atoms with Crippen LogP contribution in [0.5, 0.6) is 11.5 Å². The third-order valence-electron chi connectivity index (χ3n) is 6.55. The van der Waals surface area contributed by atoms with Gasteiger partial charge in [-0.3, -0.25) is 4.90 Å². The Bertz CT molecular complexity index is 894. The Labute approximate surface area is 159 Å². The summed E-state index contributed by atoms with van der Waals surface area (Å²) >= 11 is 0. The maximum atomic E-state index is 6.21. The van der Waals surface area contributed by atoms with Gasteiger partial charge in [-0.05, 0) is 35.2 Å². The molecule has 3 heterocycles. The molecule has 2 aromatic carbocycles. The average molecular weight is 361 g/mol. The molecule has 1 aliphatic carbocycles. The van der Waals surface area contributed by atoms with Crippen molar-refractivity contribution in [1.82, 2.24) is 4.90 Å². The maximum Gasteiger partial charge on any atom is 0.231 e. The van der Waals surface area contributed by atoms with Gasteiger partial charge in [0.2, 0.25) is 6.79 Å². The fourth-order valence-corrected chi connectivity index (χ4v) is 5.25.